The van der Waals surface area contributed by atoms with Gasteiger partial charge in [0.1, 0.15) is 5.82 Å². The fraction of sp³-hybridized carbons (Fsp3) is 0.364. The maximum atomic E-state index is 13.5. The first-order valence-corrected chi connectivity index (χ1v) is 4.69. The van der Waals surface area contributed by atoms with Crippen molar-refractivity contribution in [2.45, 2.75) is 13.5 Å². The summed E-state index contributed by atoms with van der Waals surface area (Å²) in [4.78, 5) is 12.2. The van der Waals surface area contributed by atoms with Crippen molar-refractivity contribution in [2.24, 2.45) is 0 Å². The lowest BCUT2D eigenvalue weighted by Crippen LogP contribution is -2.23. The van der Waals surface area contributed by atoms with Crippen molar-refractivity contribution in [2.75, 3.05) is 14.2 Å². The molecule has 1 aromatic carbocycles. The van der Waals surface area contributed by atoms with E-state index >= 15 is 0 Å². The molecule has 0 saturated carbocycles. The summed E-state index contributed by atoms with van der Waals surface area (Å²) in [6.07, 6.45) is 0. The Hall–Kier alpha value is -1.65. The second-order valence-corrected chi connectivity index (χ2v) is 3.45. The standard InChI is InChI=1S/C11H13F2NO2/c1-7(15)14(2)6-8-4-10(13)11(16-3)5-9(8)12/h4-5H,6H2,1-3H3. The number of benzene rings is 1. The number of hydrogen-bond acceptors (Lipinski definition) is 2. The molecule has 0 bridgehead atoms. The van der Waals surface area contributed by atoms with E-state index in [2.05, 4.69) is 4.74 Å². The summed E-state index contributed by atoms with van der Waals surface area (Å²) in [5, 5.41) is 0. The summed E-state index contributed by atoms with van der Waals surface area (Å²) < 4.78 is 31.4. The van der Waals surface area contributed by atoms with Gasteiger partial charge in [-0.15, -0.1) is 0 Å². The lowest BCUT2D eigenvalue weighted by Gasteiger charge is -2.15. The predicted octanol–water partition coefficient (Wildman–Crippen LogP) is 1.95. The van der Waals surface area contributed by atoms with Crippen LogP contribution in [-0.4, -0.2) is 25.0 Å². The van der Waals surface area contributed by atoms with Gasteiger partial charge in [-0.1, -0.05) is 0 Å². The minimum Gasteiger partial charge on any atom is -0.494 e. The van der Waals surface area contributed by atoms with Gasteiger partial charge in [0.2, 0.25) is 5.91 Å². The molecule has 16 heavy (non-hydrogen) atoms. The molecule has 0 aliphatic carbocycles. The Bertz CT molecular complexity index is 407. The Morgan fingerprint density at radius 3 is 2.50 bits per heavy atom. The van der Waals surface area contributed by atoms with Crippen molar-refractivity contribution in [3.8, 4) is 5.75 Å². The molecule has 0 atom stereocenters. The van der Waals surface area contributed by atoms with E-state index in [4.69, 9.17) is 0 Å². The lowest BCUT2D eigenvalue weighted by molar-refractivity contribution is -0.128. The Labute approximate surface area is 92.6 Å². The van der Waals surface area contributed by atoms with Crippen LogP contribution in [0.15, 0.2) is 12.1 Å². The highest BCUT2D eigenvalue weighted by Crippen LogP contribution is 2.21. The van der Waals surface area contributed by atoms with Crippen molar-refractivity contribution < 1.29 is 18.3 Å². The zero-order valence-corrected chi connectivity index (χ0v) is 9.38. The fourth-order valence-corrected chi connectivity index (χ4v) is 1.21. The van der Waals surface area contributed by atoms with E-state index in [0.29, 0.717) is 0 Å². The summed E-state index contributed by atoms with van der Waals surface area (Å²) in [6.45, 7) is 1.39. The number of ether oxygens (including phenoxy) is 1. The smallest absolute Gasteiger partial charge is 0.219 e. The van der Waals surface area contributed by atoms with Gasteiger partial charge in [-0.25, -0.2) is 8.78 Å². The SMILES string of the molecule is COc1cc(F)c(CN(C)C(C)=O)cc1F. The van der Waals surface area contributed by atoms with Crippen LogP contribution >= 0.6 is 0 Å². The van der Waals surface area contributed by atoms with Crippen LogP contribution in [0.1, 0.15) is 12.5 Å². The molecule has 3 nitrogen and oxygen atoms in total. The summed E-state index contributed by atoms with van der Waals surface area (Å²) in [5.41, 5.74) is 0.121. The number of hydrogen-bond donors (Lipinski definition) is 0. The van der Waals surface area contributed by atoms with Gasteiger partial charge >= 0.3 is 0 Å². The van der Waals surface area contributed by atoms with Crippen molar-refractivity contribution >= 4 is 5.91 Å². The van der Waals surface area contributed by atoms with Gasteiger partial charge < -0.3 is 9.64 Å². The van der Waals surface area contributed by atoms with Gasteiger partial charge in [0.25, 0.3) is 0 Å². The van der Waals surface area contributed by atoms with Crippen LogP contribution in [-0.2, 0) is 11.3 Å². The Balaban J connectivity index is 2.98. The van der Waals surface area contributed by atoms with Crippen LogP contribution in [0.5, 0.6) is 5.75 Å². The molecule has 1 rings (SSSR count). The third-order valence-electron chi connectivity index (χ3n) is 2.27. The average molecular weight is 229 g/mol. The number of rotatable bonds is 3. The molecule has 0 aromatic heterocycles. The highest BCUT2D eigenvalue weighted by molar-refractivity contribution is 5.72. The predicted molar refractivity (Wildman–Crippen MR) is 55.1 cm³/mol. The summed E-state index contributed by atoms with van der Waals surface area (Å²) >= 11 is 0. The average Bonchev–Trinajstić information content (AvgIpc) is 2.22. The first-order valence-electron chi connectivity index (χ1n) is 4.69. The van der Waals surface area contributed by atoms with Crippen molar-refractivity contribution in [1.82, 2.24) is 4.90 Å². The topological polar surface area (TPSA) is 29.5 Å². The summed E-state index contributed by atoms with van der Waals surface area (Å²) in [5.74, 6) is -1.59. The zero-order chi connectivity index (χ0) is 12.3. The van der Waals surface area contributed by atoms with Gasteiger partial charge in [-0.05, 0) is 6.07 Å². The maximum absolute atomic E-state index is 13.5. The minimum atomic E-state index is -0.643. The number of halogens is 2. The van der Waals surface area contributed by atoms with Gasteiger partial charge in [0, 0.05) is 32.1 Å². The molecule has 0 N–H and O–H groups in total. The molecule has 0 aliphatic heterocycles. The molecule has 88 valence electrons. The molecule has 0 spiro atoms. The maximum Gasteiger partial charge on any atom is 0.219 e. The van der Waals surface area contributed by atoms with Gasteiger partial charge in [0.05, 0.1) is 7.11 Å². The van der Waals surface area contributed by atoms with E-state index < -0.39 is 11.6 Å². The fourth-order valence-electron chi connectivity index (χ4n) is 1.21. The Morgan fingerprint density at radius 2 is 2.00 bits per heavy atom. The Morgan fingerprint density at radius 1 is 1.38 bits per heavy atom. The van der Waals surface area contributed by atoms with Gasteiger partial charge in [-0.3, -0.25) is 4.79 Å². The van der Waals surface area contributed by atoms with Crippen molar-refractivity contribution in [1.29, 1.82) is 0 Å². The highest BCUT2D eigenvalue weighted by atomic mass is 19.1. The number of carbonyl (C=O) groups is 1. The van der Waals surface area contributed by atoms with Crippen molar-refractivity contribution in [3.05, 3.63) is 29.3 Å². The molecule has 0 aliphatic rings. The first kappa shape index (κ1) is 12.4. The number of nitrogens with zero attached hydrogens (tertiary/aromatic N) is 1. The molecule has 5 heteroatoms. The van der Waals surface area contributed by atoms with Gasteiger partial charge in [-0.2, -0.15) is 0 Å². The van der Waals surface area contributed by atoms with E-state index in [9.17, 15) is 13.6 Å². The zero-order valence-electron chi connectivity index (χ0n) is 9.38. The van der Waals surface area contributed by atoms with E-state index in [1.807, 2.05) is 0 Å². The van der Waals surface area contributed by atoms with E-state index in [-0.39, 0.29) is 23.8 Å². The number of amides is 1. The van der Waals surface area contributed by atoms with Crippen molar-refractivity contribution in [3.63, 3.8) is 0 Å². The molecule has 0 saturated heterocycles. The molecule has 0 heterocycles. The second-order valence-electron chi connectivity index (χ2n) is 3.45. The Kier molecular flexibility index (Phi) is 3.82. The summed E-state index contributed by atoms with van der Waals surface area (Å²) in [7, 11) is 2.78. The van der Waals surface area contributed by atoms with Crippen LogP contribution in [0.25, 0.3) is 0 Å². The monoisotopic (exact) mass is 229 g/mol. The molecule has 0 radical (unpaired) electrons. The van der Waals surface area contributed by atoms with Crippen LogP contribution in [0, 0.1) is 11.6 Å². The molecule has 0 fully saturated rings. The molecule has 1 aromatic rings. The largest absolute Gasteiger partial charge is 0.494 e. The highest BCUT2D eigenvalue weighted by Gasteiger charge is 2.12. The van der Waals surface area contributed by atoms with Crippen LogP contribution in [0.2, 0.25) is 0 Å². The number of methoxy groups -OCH3 is 1. The lowest BCUT2D eigenvalue weighted by atomic mass is 10.2. The molecular weight excluding hydrogens is 216 g/mol. The van der Waals surface area contributed by atoms with Gasteiger partial charge in [0.15, 0.2) is 11.6 Å². The number of carbonyl (C=O) groups excluding carboxylic acids is 1. The minimum absolute atomic E-state index is 0.0298. The normalized spacial score (nSPS) is 10.1. The second kappa shape index (κ2) is 4.92. The van der Waals surface area contributed by atoms with E-state index in [1.54, 1.807) is 0 Å². The first-order chi connectivity index (χ1) is 7.45. The molecule has 0 unspecified atom stereocenters. The van der Waals surface area contributed by atoms with Crippen LogP contribution < -0.4 is 4.74 Å². The van der Waals surface area contributed by atoms with E-state index in [0.717, 1.165) is 12.1 Å². The van der Waals surface area contributed by atoms with E-state index in [1.165, 1.54) is 26.0 Å². The van der Waals surface area contributed by atoms with Crippen LogP contribution in [0.4, 0.5) is 8.78 Å². The molecule has 1 amide bonds. The molecular formula is C11H13F2NO2. The third kappa shape index (κ3) is 2.68. The van der Waals surface area contributed by atoms with Crippen LogP contribution in [0.3, 0.4) is 0 Å². The quantitative estimate of drug-likeness (QED) is 0.792. The summed E-state index contributed by atoms with van der Waals surface area (Å²) in [6, 6.07) is 2.01. The third-order valence-corrected chi connectivity index (χ3v) is 2.27.